The lowest BCUT2D eigenvalue weighted by Gasteiger charge is -2.31. The van der Waals surface area contributed by atoms with Gasteiger partial charge in [0.1, 0.15) is 24.1 Å². The SMILES string of the molecule is C=CCOc1cccc(C2C3C(NNC3c3ccccc3O)C(=O)N2Cc2cccnc2)c1. The minimum atomic E-state index is -0.422. The van der Waals surface area contributed by atoms with Crippen molar-refractivity contribution in [2.24, 2.45) is 5.92 Å². The number of fused-ring (bicyclic) bond motifs is 1. The molecule has 4 atom stereocenters. The summed E-state index contributed by atoms with van der Waals surface area (Å²) in [4.78, 5) is 19.7. The number of amides is 1. The normalized spacial score (nSPS) is 24.0. The van der Waals surface area contributed by atoms with Crippen LogP contribution < -0.4 is 15.6 Å². The summed E-state index contributed by atoms with van der Waals surface area (Å²) in [6.45, 7) is 4.56. The van der Waals surface area contributed by atoms with Crippen molar-refractivity contribution in [2.75, 3.05) is 6.61 Å². The van der Waals surface area contributed by atoms with E-state index in [1.165, 1.54) is 0 Å². The van der Waals surface area contributed by atoms with Crippen LogP contribution in [0.2, 0.25) is 0 Å². The number of phenolic OH excluding ortho intramolecular Hbond substituents is 1. The van der Waals surface area contributed by atoms with Gasteiger partial charge in [-0.3, -0.25) is 9.78 Å². The number of nitrogens with zero attached hydrogens (tertiary/aromatic N) is 2. The highest BCUT2D eigenvalue weighted by atomic mass is 16.5. The van der Waals surface area contributed by atoms with Crippen LogP contribution in [-0.4, -0.2) is 33.5 Å². The summed E-state index contributed by atoms with van der Waals surface area (Å²) in [7, 11) is 0. The summed E-state index contributed by atoms with van der Waals surface area (Å²) in [5.41, 5.74) is 9.16. The van der Waals surface area contributed by atoms with Gasteiger partial charge in [0.15, 0.2) is 0 Å². The van der Waals surface area contributed by atoms with E-state index >= 15 is 0 Å². The Balaban J connectivity index is 1.57. The van der Waals surface area contributed by atoms with Crippen molar-refractivity contribution in [2.45, 2.75) is 24.7 Å². The van der Waals surface area contributed by atoms with Crippen LogP contribution in [0.4, 0.5) is 0 Å². The molecule has 2 saturated heterocycles. The average Bonchev–Trinajstić information content (AvgIpc) is 3.38. The van der Waals surface area contributed by atoms with Gasteiger partial charge in [0, 0.05) is 30.4 Å². The van der Waals surface area contributed by atoms with E-state index in [4.69, 9.17) is 4.74 Å². The topological polar surface area (TPSA) is 86.7 Å². The third-order valence-electron chi connectivity index (χ3n) is 6.33. The standard InChI is InChI=1S/C26H26N4O3/c1-2-13-33-19-9-5-8-18(14-19)25-22-23(20-10-3-4-11-21(20)31)28-29-24(22)26(32)30(25)16-17-7-6-12-27-15-17/h2-12,14-15,22-25,28-29,31H,1,13,16H2. The molecule has 0 saturated carbocycles. The second-order valence-electron chi connectivity index (χ2n) is 8.32. The fourth-order valence-corrected chi connectivity index (χ4v) is 4.92. The molecule has 0 bridgehead atoms. The molecule has 7 heteroatoms. The predicted molar refractivity (Wildman–Crippen MR) is 124 cm³/mol. The molecule has 33 heavy (non-hydrogen) atoms. The van der Waals surface area contributed by atoms with E-state index in [0.29, 0.717) is 13.2 Å². The molecule has 2 aliphatic rings. The summed E-state index contributed by atoms with van der Waals surface area (Å²) in [5, 5.41) is 10.6. The number of rotatable bonds is 7. The first kappa shape index (κ1) is 21.2. The van der Waals surface area contributed by atoms with E-state index in [2.05, 4.69) is 22.4 Å². The number of nitrogens with one attached hydrogen (secondary N) is 2. The van der Waals surface area contributed by atoms with Gasteiger partial charge in [0.25, 0.3) is 0 Å². The van der Waals surface area contributed by atoms with E-state index in [0.717, 1.165) is 22.4 Å². The monoisotopic (exact) mass is 442 g/mol. The molecule has 1 amide bonds. The Bertz CT molecular complexity index is 1150. The predicted octanol–water partition coefficient (Wildman–Crippen LogP) is 3.27. The molecule has 2 aliphatic heterocycles. The van der Waals surface area contributed by atoms with Gasteiger partial charge in [-0.05, 0) is 35.4 Å². The molecule has 5 rings (SSSR count). The van der Waals surface area contributed by atoms with Crippen molar-refractivity contribution in [3.63, 3.8) is 0 Å². The molecule has 2 aromatic carbocycles. The number of carbonyl (C=O) groups is 1. The lowest BCUT2D eigenvalue weighted by molar-refractivity contribution is -0.131. The maximum atomic E-state index is 13.6. The van der Waals surface area contributed by atoms with E-state index in [1.807, 2.05) is 53.4 Å². The molecule has 1 aromatic heterocycles. The quantitative estimate of drug-likeness (QED) is 0.487. The number of likely N-dealkylation sites (tertiary alicyclic amines) is 1. The molecule has 3 N–H and O–H groups in total. The zero-order valence-corrected chi connectivity index (χ0v) is 18.1. The highest BCUT2D eigenvalue weighted by Crippen LogP contribution is 2.49. The van der Waals surface area contributed by atoms with Crippen molar-refractivity contribution in [3.05, 3.63) is 102 Å². The number of phenols is 1. The minimum absolute atomic E-state index is 0.0108. The number of ether oxygens (including phenoxy) is 1. The molecule has 3 aromatic rings. The molecular weight excluding hydrogens is 416 g/mol. The van der Waals surface area contributed by atoms with E-state index in [9.17, 15) is 9.90 Å². The third kappa shape index (κ3) is 3.97. The Kier molecular flexibility index (Phi) is 5.81. The fourth-order valence-electron chi connectivity index (χ4n) is 4.92. The van der Waals surface area contributed by atoms with E-state index in [-0.39, 0.29) is 29.7 Å². The lowest BCUT2D eigenvalue weighted by atomic mass is 9.83. The van der Waals surface area contributed by atoms with Crippen molar-refractivity contribution < 1.29 is 14.6 Å². The number of carbonyl (C=O) groups excluding carboxylic acids is 1. The number of hydrogen-bond donors (Lipinski definition) is 3. The van der Waals surface area contributed by atoms with Crippen LogP contribution in [0.25, 0.3) is 0 Å². The van der Waals surface area contributed by atoms with Crippen LogP contribution in [0.3, 0.4) is 0 Å². The van der Waals surface area contributed by atoms with Crippen molar-refractivity contribution in [1.82, 2.24) is 20.7 Å². The van der Waals surface area contributed by atoms with Crippen LogP contribution >= 0.6 is 0 Å². The van der Waals surface area contributed by atoms with Gasteiger partial charge in [-0.2, -0.15) is 0 Å². The van der Waals surface area contributed by atoms with Crippen molar-refractivity contribution in [3.8, 4) is 11.5 Å². The van der Waals surface area contributed by atoms with Gasteiger partial charge in [0.2, 0.25) is 5.91 Å². The number of hydrogen-bond acceptors (Lipinski definition) is 6. The van der Waals surface area contributed by atoms with E-state index in [1.54, 1.807) is 30.6 Å². The minimum Gasteiger partial charge on any atom is -0.508 e. The van der Waals surface area contributed by atoms with Gasteiger partial charge in [-0.25, -0.2) is 10.9 Å². The zero-order valence-electron chi connectivity index (χ0n) is 18.1. The number of benzene rings is 2. The Labute approximate surface area is 192 Å². The summed E-state index contributed by atoms with van der Waals surface area (Å²) < 4.78 is 5.77. The van der Waals surface area contributed by atoms with Gasteiger partial charge in [0.05, 0.1) is 12.1 Å². The Morgan fingerprint density at radius 1 is 1.09 bits per heavy atom. The first-order chi connectivity index (χ1) is 16.2. The van der Waals surface area contributed by atoms with Crippen LogP contribution in [-0.2, 0) is 11.3 Å². The summed E-state index contributed by atoms with van der Waals surface area (Å²) in [6, 6.07) is 18.1. The molecule has 0 aliphatic carbocycles. The van der Waals surface area contributed by atoms with Crippen LogP contribution in [0.5, 0.6) is 11.5 Å². The van der Waals surface area contributed by atoms with Crippen LogP contribution in [0, 0.1) is 5.92 Å². The van der Waals surface area contributed by atoms with Crippen LogP contribution in [0.15, 0.2) is 85.7 Å². The molecule has 4 unspecified atom stereocenters. The Morgan fingerprint density at radius 2 is 1.94 bits per heavy atom. The highest BCUT2D eigenvalue weighted by Gasteiger charge is 2.55. The molecular formula is C26H26N4O3. The van der Waals surface area contributed by atoms with Crippen molar-refractivity contribution in [1.29, 1.82) is 0 Å². The van der Waals surface area contributed by atoms with Crippen LogP contribution in [0.1, 0.15) is 28.8 Å². The first-order valence-electron chi connectivity index (χ1n) is 11.0. The number of hydrazine groups is 1. The molecule has 7 nitrogen and oxygen atoms in total. The fraction of sp³-hybridized carbons (Fsp3) is 0.231. The van der Waals surface area contributed by atoms with Gasteiger partial charge in [-0.15, -0.1) is 0 Å². The third-order valence-corrected chi connectivity index (χ3v) is 6.33. The number of pyridine rings is 1. The Morgan fingerprint density at radius 3 is 2.73 bits per heavy atom. The molecule has 3 heterocycles. The second kappa shape index (κ2) is 9.05. The van der Waals surface area contributed by atoms with Gasteiger partial charge < -0.3 is 14.7 Å². The van der Waals surface area contributed by atoms with Crippen molar-refractivity contribution >= 4 is 5.91 Å². The molecule has 0 radical (unpaired) electrons. The number of aromatic hydroxyl groups is 1. The lowest BCUT2D eigenvalue weighted by Crippen LogP contribution is -2.41. The molecule has 2 fully saturated rings. The van der Waals surface area contributed by atoms with E-state index < -0.39 is 6.04 Å². The van der Waals surface area contributed by atoms with Gasteiger partial charge in [-0.1, -0.05) is 49.1 Å². The number of para-hydroxylation sites is 1. The Hall–Kier alpha value is -3.68. The zero-order chi connectivity index (χ0) is 22.8. The smallest absolute Gasteiger partial charge is 0.242 e. The average molecular weight is 443 g/mol. The molecule has 0 spiro atoms. The summed E-state index contributed by atoms with van der Waals surface area (Å²) >= 11 is 0. The summed E-state index contributed by atoms with van der Waals surface area (Å²) in [5.74, 6) is 0.800. The van der Waals surface area contributed by atoms with Gasteiger partial charge >= 0.3 is 0 Å². The summed E-state index contributed by atoms with van der Waals surface area (Å²) in [6.07, 6.45) is 5.21. The first-order valence-corrected chi connectivity index (χ1v) is 11.0. The maximum Gasteiger partial charge on any atom is 0.242 e. The number of aromatic nitrogens is 1. The largest absolute Gasteiger partial charge is 0.508 e. The maximum absolute atomic E-state index is 13.6. The molecule has 168 valence electrons. The highest BCUT2D eigenvalue weighted by molar-refractivity contribution is 5.86. The second-order valence-corrected chi connectivity index (χ2v) is 8.32.